The number of unbranched alkanes of at least 4 members (excludes halogenated alkanes) is 1. The summed E-state index contributed by atoms with van der Waals surface area (Å²) in [6, 6.07) is 18.4. The highest BCUT2D eigenvalue weighted by molar-refractivity contribution is 5.71. The van der Waals surface area contributed by atoms with Crippen LogP contribution in [-0.4, -0.2) is 17.1 Å². The van der Waals surface area contributed by atoms with Gasteiger partial charge in [0.05, 0.1) is 24.4 Å². The van der Waals surface area contributed by atoms with E-state index in [9.17, 15) is 5.26 Å². The van der Waals surface area contributed by atoms with Crippen LogP contribution in [0.1, 0.15) is 48.0 Å². The highest BCUT2D eigenvalue weighted by Crippen LogP contribution is 2.28. The number of aromatic nitrogens is 2. The molecule has 28 heavy (non-hydrogen) atoms. The number of benzene rings is 2. The first-order chi connectivity index (χ1) is 13.7. The molecule has 0 bridgehead atoms. The quantitative estimate of drug-likeness (QED) is 0.568. The summed E-state index contributed by atoms with van der Waals surface area (Å²) in [5.74, 6) is 1.35. The second-order valence-corrected chi connectivity index (χ2v) is 6.84. The summed E-state index contributed by atoms with van der Waals surface area (Å²) < 4.78 is 5.55. The maximum atomic E-state index is 9.68. The smallest absolute Gasteiger partial charge is 0.220 e. The van der Waals surface area contributed by atoms with E-state index >= 15 is 0 Å². The standard InChI is InChI=1S/C24H25N3O/c1-4-5-11-23-22(24(28-3)27-17(2)26-23)15-18-12-13-21(20(14-18)16-25)19-9-7-6-8-10-19/h6-10,12-14H,4-5,11,15H2,1-3H3. The third kappa shape index (κ3) is 4.37. The molecule has 0 fully saturated rings. The van der Waals surface area contributed by atoms with Gasteiger partial charge in [0.2, 0.25) is 5.88 Å². The van der Waals surface area contributed by atoms with Crippen LogP contribution in [-0.2, 0) is 12.8 Å². The van der Waals surface area contributed by atoms with Gasteiger partial charge in [-0.3, -0.25) is 0 Å². The first-order valence-electron chi connectivity index (χ1n) is 9.65. The lowest BCUT2D eigenvalue weighted by atomic mass is 9.95. The highest BCUT2D eigenvalue weighted by Gasteiger charge is 2.15. The van der Waals surface area contributed by atoms with Gasteiger partial charge in [0.1, 0.15) is 5.82 Å². The number of nitriles is 1. The van der Waals surface area contributed by atoms with Gasteiger partial charge in [-0.2, -0.15) is 10.2 Å². The molecule has 0 spiro atoms. The number of rotatable bonds is 7. The minimum Gasteiger partial charge on any atom is -0.481 e. The zero-order valence-corrected chi connectivity index (χ0v) is 16.7. The number of methoxy groups -OCH3 is 1. The van der Waals surface area contributed by atoms with Gasteiger partial charge in [-0.1, -0.05) is 55.8 Å². The van der Waals surface area contributed by atoms with Crippen LogP contribution in [0.3, 0.4) is 0 Å². The predicted molar refractivity (Wildman–Crippen MR) is 111 cm³/mol. The molecular weight excluding hydrogens is 346 g/mol. The van der Waals surface area contributed by atoms with Crippen molar-refractivity contribution in [3.63, 3.8) is 0 Å². The van der Waals surface area contributed by atoms with Crippen LogP contribution in [0.15, 0.2) is 48.5 Å². The molecule has 0 N–H and O–H groups in total. The predicted octanol–water partition coefficient (Wildman–Crippen LogP) is 5.27. The van der Waals surface area contributed by atoms with Crippen molar-refractivity contribution in [1.29, 1.82) is 5.26 Å². The van der Waals surface area contributed by atoms with Gasteiger partial charge in [-0.05, 0) is 42.5 Å². The molecule has 4 heteroatoms. The highest BCUT2D eigenvalue weighted by atomic mass is 16.5. The Hall–Kier alpha value is -3.19. The van der Waals surface area contributed by atoms with Gasteiger partial charge >= 0.3 is 0 Å². The van der Waals surface area contributed by atoms with Crippen LogP contribution < -0.4 is 4.74 Å². The maximum absolute atomic E-state index is 9.68. The Bertz CT molecular complexity index is 991. The Labute approximate surface area is 166 Å². The first kappa shape index (κ1) is 19.6. The van der Waals surface area contributed by atoms with Gasteiger partial charge in [0.15, 0.2) is 0 Å². The summed E-state index contributed by atoms with van der Waals surface area (Å²) in [5, 5.41) is 9.68. The molecular formula is C24H25N3O. The molecule has 0 saturated heterocycles. The Balaban J connectivity index is 1.99. The fourth-order valence-electron chi connectivity index (χ4n) is 3.39. The molecule has 0 radical (unpaired) electrons. The van der Waals surface area contributed by atoms with Gasteiger partial charge in [-0.25, -0.2) is 4.98 Å². The van der Waals surface area contributed by atoms with Crippen molar-refractivity contribution < 1.29 is 4.74 Å². The number of nitrogens with zero attached hydrogens (tertiary/aromatic N) is 3. The molecule has 0 amide bonds. The maximum Gasteiger partial charge on any atom is 0.220 e. The van der Waals surface area contributed by atoms with Crippen molar-refractivity contribution in [3.05, 3.63) is 76.7 Å². The molecule has 0 aliphatic heterocycles. The topological polar surface area (TPSA) is 58.8 Å². The third-order valence-corrected chi connectivity index (χ3v) is 4.80. The van der Waals surface area contributed by atoms with Crippen LogP contribution in [0, 0.1) is 18.3 Å². The summed E-state index contributed by atoms with van der Waals surface area (Å²) in [6.45, 7) is 4.07. The van der Waals surface area contributed by atoms with E-state index in [1.54, 1.807) is 7.11 Å². The third-order valence-electron chi connectivity index (χ3n) is 4.80. The van der Waals surface area contributed by atoms with Crippen molar-refractivity contribution in [2.24, 2.45) is 0 Å². The van der Waals surface area contributed by atoms with E-state index in [1.807, 2.05) is 49.4 Å². The van der Waals surface area contributed by atoms with E-state index in [2.05, 4.69) is 29.0 Å². The van der Waals surface area contributed by atoms with Gasteiger partial charge < -0.3 is 4.74 Å². The zero-order valence-electron chi connectivity index (χ0n) is 16.7. The minimum atomic E-state index is 0.629. The monoisotopic (exact) mass is 371 g/mol. The number of ether oxygens (including phenoxy) is 1. The van der Waals surface area contributed by atoms with Crippen molar-refractivity contribution in [1.82, 2.24) is 9.97 Å². The van der Waals surface area contributed by atoms with Crippen LogP contribution in [0.5, 0.6) is 5.88 Å². The lowest BCUT2D eigenvalue weighted by Gasteiger charge is -2.14. The van der Waals surface area contributed by atoms with E-state index in [0.29, 0.717) is 17.9 Å². The van der Waals surface area contributed by atoms with Gasteiger partial charge in [0, 0.05) is 12.0 Å². The van der Waals surface area contributed by atoms with E-state index < -0.39 is 0 Å². The van der Waals surface area contributed by atoms with Crippen molar-refractivity contribution >= 4 is 0 Å². The lowest BCUT2D eigenvalue weighted by molar-refractivity contribution is 0.389. The fourth-order valence-corrected chi connectivity index (χ4v) is 3.39. The normalized spacial score (nSPS) is 10.5. The second kappa shape index (κ2) is 9.14. The Morgan fingerprint density at radius 3 is 2.54 bits per heavy atom. The summed E-state index contributed by atoms with van der Waals surface area (Å²) in [4.78, 5) is 9.13. The average Bonchev–Trinajstić information content (AvgIpc) is 2.73. The molecule has 2 aromatic carbocycles. The zero-order chi connectivity index (χ0) is 19.9. The summed E-state index contributed by atoms with van der Waals surface area (Å²) in [7, 11) is 1.65. The van der Waals surface area contributed by atoms with Crippen molar-refractivity contribution in [3.8, 4) is 23.1 Å². The van der Waals surface area contributed by atoms with Crippen LogP contribution in [0.25, 0.3) is 11.1 Å². The Morgan fingerprint density at radius 2 is 1.86 bits per heavy atom. The Morgan fingerprint density at radius 1 is 1.07 bits per heavy atom. The Kier molecular flexibility index (Phi) is 6.39. The number of aryl methyl sites for hydroxylation is 2. The van der Waals surface area contributed by atoms with Gasteiger partial charge in [-0.15, -0.1) is 0 Å². The van der Waals surface area contributed by atoms with E-state index in [4.69, 9.17) is 4.74 Å². The summed E-state index contributed by atoms with van der Waals surface area (Å²) >= 11 is 0. The molecule has 4 nitrogen and oxygen atoms in total. The van der Waals surface area contributed by atoms with E-state index in [-0.39, 0.29) is 0 Å². The SMILES string of the molecule is CCCCc1nc(C)nc(OC)c1Cc1ccc(-c2ccccc2)c(C#N)c1. The second-order valence-electron chi connectivity index (χ2n) is 6.84. The fraction of sp³-hybridized carbons (Fsp3) is 0.292. The van der Waals surface area contributed by atoms with Crippen LogP contribution in [0.4, 0.5) is 0 Å². The van der Waals surface area contributed by atoms with Crippen molar-refractivity contribution in [2.75, 3.05) is 7.11 Å². The molecule has 0 aliphatic rings. The minimum absolute atomic E-state index is 0.629. The molecule has 3 aromatic rings. The lowest BCUT2D eigenvalue weighted by Crippen LogP contribution is -2.07. The molecule has 3 rings (SSSR count). The molecule has 1 aromatic heterocycles. The van der Waals surface area contributed by atoms with Crippen LogP contribution in [0.2, 0.25) is 0 Å². The average molecular weight is 371 g/mol. The van der Waals surface area contributed by atoms with Gasteiger partial charge in [0.25, 0.3) is 0 Å². The summed E-state index contributed by atoms with van der Waals surface area (Å²) in [6.07, 6.45) is 3.73. The molecule has 142 valence electrons. The molecule has 1 heterocycles. The summed E-state index contributed by atoms with van der Waals surface area (Å²) in [5.41, 5.74) is 5.77. The molecule has 0 atom stereocenters. The number of hydrogen-bond donors (Lipinski definition) is 0. The molecule has 0 unspecified atom stereocenters. The van der Waals surface area contributed by atoms with Crippen LogP contribution >= 0.6 is 0 Å². The number of hydrogen-bond acceptors (Lipinski definition) is 4. The van der Waals surface area contributed by atoms with E-state index in [0.717, 1.165) is 53.0 Å². The van der Waals surface area contributed by atoms with Crippen molar-refractivity contribution in [2.45, 2.75) is 39.5 Å². The first-order valence-corrected chi connectivity index (χ1v) is 9.65. The largest absolute Gasteiger partial charge is 0.481 e. The molecule has 0 aliphatic carbocycles. The molecule has 0 saturated carbocycles. The van der Waals surface area contributed by atoms with E-state index in [1.165, 1.54) is 0 Å².